The zero-order valence-corrected chi connectivity index (χ0v) is 11.5. The van der Waals surface area contributed by atoms with Crippen LogP contribution >= 0.6 is 0 Å². The van der Waals surface area contributed by atoms with E-state index >= 15 is 0 Å². The Kier molecular flexibility index (Phi) is 4.40. The number of aliphatic hydroxyl groups excluding tert-OH is 1. The maximum absolute atomic E-state index is 9.78. The van der Waals surface area contributed by atoms with Crippen LogP contribution in [0.3, 0.4) is 0 Å². The molecule has 1 aromatic heterocycles. The largest absolute Gasteiger partial charge is 0.396 e. The minimum absolute atomic E-state index is 0.0962. The summed E-state index contributed by atoms with van der Waals surface area (Å²) in [5.74, 6) is 1.66. The first kappa shape index (κ1) is 13.6. The number of piperidine rings is 1. The molecule has 0 amide bonds. The molecule has 1 aromatic rings. The molecule has 2 N–H and O–H groups in total. The Morgan fingerprint density at radius 2 is 2.39 bits per heavy atom. The van der Waals surface area contributed by atoms with Gasteiger partial charge in [0.1, 0.15) is 5.82 Å². The maximum Gasteiger partial charge on any atom is 0.120 e. The van der Waals surface area contributed by atoms with Crippen LogP contribution in [0.4, 0.5) is 0 Å². The molecule has 1 fully saturated rings. The Labute approximate surface area is 109 Å². The van der Waals surface area contributed by atoms with Crippen molar-refractivity contribution in [1.29, 1.82) is 0 Å². The van der Waals surface area contributed by atoms with E-state index in [1.54, 1.807) is 6.20 Å². The van der Waals surface area contributed by atoms with Crippen molar-refractivity contribution in [2.45, 2.75) is 39.7 Å². The van der Waals surface area contributed by atoms with Crippen molar-refractivity contribution in [1.82, 2.24) is 14.9 Å². The third kappa shape index (κ3) is 3.33. The second-order valence-electron chi connectivity index (χ2n) is 6.11. The predicted molar refractivity (Wildman–Crippen MR) is 72.1 cm³/mol. The Bertz CT molecular complexity index is 350. The van der Waals surface area contributed by atoms with Gasteiger partial charge in [-0.1, -0.05) is 13.8 Å². The SMILES string of the molecule is CC(C)C[C@]1(CO)CCCN(Cc2ncc[nH]2)C1. The van der Waals surface area contributed by atoms with Crippen LogP contribution in [0.15, 0.2) is 12.4 Å². The topological polar surface area (TPSA) is 52.1 Å². The maximum atomic E-state index is 9.78. The zero-order chi connectivity index (χ0) is 13.0. The van der Waals surface area contributed by atoms with Gasteiger partial charge in [-0.25, -0.2) is 4.98 Å². The summed E-state index contributed by atoms with van der Waals surface area (Å²) >= 11 is 0. The van der Waals surface area contributed by atoms with E-state index in [1.165, 1.54) is 6.42 Å². The quantitative estimate of drug-likeness (QED) is 0.842. The van der Waals surface area contributed by atoms with Crippen molar-refractivity contribution in [3.8, 4) is 0 Å². The van der Waals surface area contributed by atoms with Crippen LogP contribution < -0.4 is 0 Å². The summed E-state index contributed by atoms with van der Waals surface area (Å²) in [6.07, 6.45) is 7.10. The molecule has 2 heterocycles. The van der Waals surface area contributed by atoms with Crippen molar-refractivity contribution in [2.24, 2.45) is 11.3 Å². The molecule has 0 radical (unpaired) electrons. The average molecular weight is 251 g/mol. The van der Waals surface area contributed by atoms with E-state index in [-0.39, 0.29) is 5.41 Å². The molecule has 0 aromatic carbocycles. The van der Waals surface area contributed by atoms with Crippen LogP contribution in [0.2, 0.25) is 0 Å². The van der Waals surface area contributed by atoms with Crippen molar-refractivity contribution >= 4 is 0 Å². The summed E-state index contributed by atoms with van der Waals surface area (Å²) in [7, 11) is 0. The fraction of sp³-hybridized carbons (Fsp3) is 0.786. The molecule has 1 aliphatic rings. The monoisotopic (exact) mass is 251 g/mol. The number of nitrogens with zero attached hydrogens (tertiary/aromatic N) is 2. The highest BCUT2D eigenvalue weighted by Gasteiger charge is 2.35. The Balaban J connectivity index is 1.98. The van der Waals surface area contributed by atoms with Gasteiger partial charge in [-0.2, -0.15) is 0 Å². The minimum atomic E-state index is 0.0962. The number of hydrogen-bond donors (Lipinski definition) is 2. The van der Waals surface area contributed by atoms with Gasteiger partial charge in [-0.05, 0) is 31.7 Å². The van der Waals surface area contributed by atoms with Gasteiger partial charge in [0.05, 0.1) is 6.54 Å². The van der Waals surface area contributed by atoms with Gasteiger partial charge in [0.2, 0.25) is 0 Å². The van der Waals surface area contributed by atoms with Gasteiger partial charge in [0.25, 0.3) is 0 Å². The van der Waals surface area contributed by atoms with Crippen molar-refractivity contribution in [3.63, 3.8) is 0 Å². The van der Waals surface area contributed by atoms with Crippen LogP contribution in [0, 0.1) is 11.3 Å². The molecule has 1 aliphatic heterocycles. The average Bonchev–Trinajstić information content (AvgIpc) is 2.81. The number of imidazole rings is 1. The van der Waals surface area contributed by atoms with Gasteiger partial charge >= 0.3 is 0 Å². The van der Waals surface area contributed by atoms with E-state index in [1.807, 2.05) is 6.20 Å². The third-order valence-electron chi connectivity index (χ3n) is 3.85. The van der Waals surface area contributed by atoms with Crippen LogP contribution in [0.25, 0.3) is 0 Å². The summed E-state index contributed by atoms with van der Waals surface area (Å²) in [5.41, 5.74) is 0.0962. The van der Waals surface area contributed by atoms with E-state index < -0.39 is 0 Å². The molecule has 0 unspecified atom stereocenters. The highest BCUT2D eigenvalue weighted by Crippen LogP contribution is 2.36. The van der Waals surface area contributed by atoms with Crippen molar-refractivity contribution < 1.29 is 5.11 Å². The smallest absolute Gasteiger partial charge is 0.120 e. The standard InChI is InChI=1S/C14H25N3O/c1-12(2)8-14(11-18)4-3-7-17(10-14)9-13-15-5-6-16-13/h5-6,12,18H,3-4,7-11H2,1-2H3,(H,15,16)/t14-/m1/s1. The molecule has 0 spiro atoms. The van der Waals surface area contributed by atoms with E-state index in [4.69, 9.17) is 0 Å². The van der Waals surface area contributed by atoms with Gasteiger partial charge in [-0.3, -0.25) is 4.90 Å². The number of aliphatic hydroxyl groups is 1. The fourth-order valence-corrected chi connectivity index (χ4v) is 3.27. The lowest BCUT2D eigenvalue weighted by Crippen LogP contribution is -2.45. The summed E-state index contributed by atoms with van der Waals surface area (Å²) < 4.78 is 0. The Morgan fingerprint density at radius 1 is 1.56 bits per heavy atom. The van der Waals surface area contributed by atoms with Crippen molar-refractivity contribution in [2.75, 3.05) is 19.7 Å². The first-order chi connectivity index (χ1) is 8.63. The minimum Gasteiger partial charge on any atom is -0.396 e. The lowest BCUT2D eigenvalue weighted by Gasteiger charge is -2.42. The van der Waals surface area contributed by atoms with E-state index in [0.717, 1.165) is 38.3 Å². The van der Waals surface area contributed by atoms with Crippen molar-refractivity contribution in [3.05, 3.63) is 18.2 Å². The van der Waals surface area contributed by atoms with Gasteiger partial charge < -0.3 is 10.1 Å². The third-order valence-corrected chi connectivity index (χ3v) is 3.85. The summed E-state index contributed by atoms with van der Waals surface area (Å²) in [6, 6.07) is 0. The molecular weight excluding hydrogens is 226 g/mol. The van der Waals surface area contributed by atoms with Gasteiger partial charge in [0, 0.05) is 31.0 Å². The molecule has 4 heteroatoms. The normalized spacial score (nSPS) is 25.8. The lowest BCUT2D eigenvalue weighted by molar-refractivity contribution is 0.0124. The first-order valence-corrected chi connectivity index (χ1v) is 6.95. The van der Waals surface area contributed by atoms with E-state index in [9.17, 15) is 5.11 Å². The molecule has 102 valence electrons. The second-order valence-corrected chi connectivity index (χ2v) is 6.11. The lowest BCUT2D eigenvalue weighted by atomic mass is 9.74. The van der Waals surface area contributed by atoms with Crippen LogP contribution in [-0.4, -0.2) is 39.7 Å². The molecule has 0 bridgehead atoms. The number of aromatic nitrogens is 2. The van der Waals surface area contributed by atoms with E-state index in [0.29, 0.717) is 12.5 Å². The molecule has 1 atom stereocenters. The highest BCUT2D eigenvalue weighted by molar-refractivity contribution is 4.92. The second kappa shape index (κ2) is 5.85. The Hall–Kier alpha value is -0.870. The van der Waals surface area contributed by atoms with E-state index in [2.05, 4.69) is 28.7 Å². The number of likely N-dealkylation sites (tertiary alicyclic amines) is 1. The molecule has 0 saturated carbocycles. The summed E-state index contributed by atoms with van der Waals surface area (Å²) in [4.78, 5) is 9.86. The van der Waals surface area contributed by atoms with Gasteiger partial charge in [-0.15, -0.1) is 0 Å². The van der Waals surface area contributed by atoms with Crippen LogP contribution in [-0.2, 0) is 6.54 Å². The molecule has 18 heavy (non-hydrogen) atoms. The molecule has 1 saturated heterocycles. The first-order valence-electron chi connectivity index (χ1n) is 6.95. The Morgan fingerprint density at radius 3 is 3.00 bits per heavy atom. The molecule has 2 rings (SSSR count). The fourth-order valence-electron chi connectivity index (χ4n) is 3.27. The zero-order valence-electron chi connectivity index (χ0n) is 11.5. The van der Waals surface area contributed by atoms with Gasteiger partial charge in [0.15, 0.2) is 0 Å². The van der Waals surface area contributed by atoms with Crippen LogP contribution in [0.1, 0.15) is 38.9 Å². The number of nitrogens with one attached hydrogen (secondary N) is 1. The number of hydrogen-bond acceptors (Lipinski definition) is 3. The molecule has 4 nitrogen and oxygen atoms in total. The van der Waals surface area contributed by atoms with Crippen LogP contribution in [0.5, 0.6) is 0 Å². The summed E-state index contributed by atoms with van der Waals surface area (Å²) in [6.45, 7) is 7.75. The molecule has 0 aliphatic carbocycles. The predicted octanol–water partition coefficient (Wildman–Crippen LogP) is 2.03. The number of H-pyrrole nitrogens is 1. The molecular formula is C14H25N3O. The highest BCUT2D eigenvalue weighted by atomic mass is 16.3. The summed E-state index contributed by atoms with van der Waals surface area (Å²) in [5, 5.41) is 9.78. The number of aromatic amines is 1. The number of rotatable bonds is 5.